The molecular weight excluding hydrogens is 731 g/mol. The summed E-state index contributed by atoms with van der Waals surface area (Å²) in [6.45, 7) is 4.68. The molecular formula is C57H39NO2. The average molecular weight is 770 g/mol. The Hall–Kier alpha value is -7.62. The number of hydrogen-bond acceptors (Lipinski definition) is 3. The third-order valence-corrected chi connectivity index (χ3v) is 12.7. The number of nitrogens with zero attached hydrogens (tertiary/aromatic N) is 1. The van der Waals surface area contributed by atoms with Gasteiger partial charge in [-0.2, -0.15) is 0 Å². The highest BCUT2D eigenvalue weighted by Crippen LogP contribution is 2.51. The highest BCUT2D eigenvalue weighted by atomic mass is 16.3. The van der Waals surface area contributed by atoms with Gasteiger partial charge in [-0.25, -0.2) is 0 Å². The number of benzene rings is 9. The van der Waals surface area contributed by atoms with E-state index in [1.165, 1.54) is 38.9 Å². The second-order valence-corrected chi connectivity index (χ2v) is 16.4. The van der Waals surface area contributed by atoms with E-state index in [0.717, 1.165) is 77.6 Å². The Bertz CT molecular complexity index is 3460. The van der Waals surface area contributed by atoms with E-state index in [2.05, 4.69) is 201 Å². The van der Waals surface area contributed by atoms with Crippen LogP contribution < -0.4 is 4.90 Å². The van der Waals surface area contributed by atoms with Crippen LogP contribution in [0.1, 0.15) is 25.0 Å². The number of furan rings is 2. The van der Waals surface area contributed by atoms with Gasteiger partial charge in [-0.3, -0.25) is 0 Å². The summed E-state index contributed by atoms with van der Waals surface area (Å²) < 4.78 is 13.0. The second-order valence-electron chi connectivity index (χ2n) is 16.4. The van der Waals surface area contributed by atoms with Gasteiger partial charge >= 0.3 is 0 Å². The standard InChI is InChI=1S/C57H39NO2/c1-57(2)49-21-11-8-17-43(49)44-30-28-39(34-50(44)57)58(40-29-31-46-45-18-9-12-22-51(45)60-54(46)35-40)38-26-24-37(25-27-38)42-32-33-53-56(48-20-10-13-23-52(48)59-53)55(42)47-19-7-6-16-41(47)36-14-4-3-5-15-36/h3-35H,1-2H3. The summed E-state index contributed by atoms with van der Waals surface area (Å²) in [5.41, 5.74) is 18.9. The van der Waals surface area contributed by atoms with E-state index in [1.807, 2.05) is 18.2 Å². The molecule has 9 aromatic carbocycles. The van der Waals surface area contributed by atoms with Crippen molar-refractivity contribution in [1.82, 2.24) is 0 Å². The molecule has 0 bridgehead atoms. The first-order valence-corrected chi connectivity index (χ1v) is 20.7. The average Bonchev–Trinajstić information content (AvgIpc) is 3.94. The van der Waals surface area contributed by atoms with E-state index < -0.39 is 0 Å². The fraction of sp³-hybridized carbons (Fsp3) is 0.0526. The van der Waals surface area contributed by atoms with Crippen LogP contribution in [0.4, 0.5) is 17.1 Å². The Kier molecular flexibility index (Phi) is 7.58. The molecule has 284 valence electrons. The first-order valence-electron chi connectivity index (χ1n) is 20.7. The molecule has 1 aliphatic rings. The molecule has 0 amide bonds. The third kappa shape index (κ3) is 5.22. The molecule has 0 radical (unpaired) electrons. The van der Waals surface area contributed by atoms with Crippen LogP contribution in [-0.2, 0) is 5.41 Å². The zero-order chi connectivity index (χ0) is 40.0. The van der Waals surface area contributed by atoms with Gasteiger partial charge in [0.1, 0.15) is 22.3 Å². The van der Waals surface area contributed by atoms with E-state index in [9.17, 15) is 0 Å². The van der Waals surface area contributed by atoms with Gasteiger partial charge < -0.3 is 13.7 Å². The molecule has 3 heteroatoms. The largest absolute Gasteiger partial charge is 0.456 e. The van der Waals surface area contributed by atoms with E-state index in [-0.39, 0.29) is 5.41 Å². The predicted molar refractivity (Wildman–Crippen MR) is 250 cm³/mol. The smallest absolute Gasteiger partial charge is 0.137 e. The second kappa shape index (κ2) is 13.2. The maximum absolute atomic E-state index is 6.50. The fourth-order valence-electron chi connectivity index (χ4n) is 9.83. The van der Waals surface area contributed by atoms with Crippen molar-refractivity contribution in [2.45, 2.75) is 19.3 Å². The van der Waals surface area contributed by atoms with E-state index in [0.29, 0.717) is 0 Å². The number of para-hydroxylation sites is 2. The molecule has 0 unspecified atom stereocenters. The predicted octanol–water partition coefficient (Wildman–Crippen LogP) is 16.3. The van der Waals surface area contributed by atoms with Crippen molar-refractivity contribution in [2.75, 3.05) is 4.90 Å². The molecule has 2 heterocycles. The molecule has 0 saturated carbocycles. The fourth-order valence-corrected chi connectivity index (χ4v) is 9.83. The molecule has 1 aliphatic carbocycles. The zero-order valence-electron chi connectivity index (χ0n) is 33.3. The lowest BCUT2D eigenvalue weighted by atomic mass is 9.82. The molecule has 3 nitrogen and oxygen atoms in total. The van der Waals surface area contributed by atoms with Gasteiger partial charge in [0.15, 0.2) is 0 Å². The molecule has 12 rings (SSSR count). The van der Waals surface area contributed by atoms with Crippen LogP contribution in [0.5, 0.6) is 0 Å². The molecule has 60 heavy (non-hydrogen) atoms. The highest BCUT2D eigenvalue weighted by molar-refractivity contribution is 6.17. The third-order valence-electron chi connectivity index (χ3n) is 12.7. The van der Waals surface area contributed by atoms with Crippen LogP contribution in [0.15, 0.2) is 209 Å². The van der Waals surface area contributed by atoms with Crippen molar-refractivity contribution in [3.63, 3.8) is 0 Å². The van der Waals surface area contributed by atoms with Gasteiger partial charge in [-0.15, -0.1) is 0 Å². The monoisotopic (exact) mass is 769 g/mol. The summed E-state index contributed by atoms with van der Waals surface area (Å²) >= 11 is 0. The van der Waals surface area contributed by atoms with Crippen LogP contribution in [0.2, 0.25) is 0 Å². The molecule has 2 aromatic heterocycles. The lowest BCUT2D eigenvalue weighted by molar-refractivity contribution is 0.660. The van der Waals surface area contributed by atoms with Gasteiger partial charge in [0.05, 0.1) is 0 Å². The molecule has 0 saturated heterocycles. The van der Waals surface area contributed by atoms with Crippen molar-refractivity contribution in [1.29, 1.82) is 0 Å². The van der Waals surface area contributed by atoms with Crippen molar-refractivity contribution in [3.05, 3.63) is 211 Å². The number of hydrogen-bond donors (Lipinski definition) is 0. The Balaban J connectivity index is 1.05. The van der Waals surface area contributed by atoms with Gasteiger partial charge in [0, 0.05) is 55.7 Å². The van der Waals surface area contributed by atoms with Gasteiger partial charge in [-0.1, -0.05) is 153 Å². The molecule has 0 aliphatic heterocycles. The summed E-state index contributed by atoms with van der Waals surface area (Å²) in [6.07, 6.45) is 0. The Morgan fingerprint density at radius 3 is 1.72 bits per heavy atom. The summed E-state index contributed by atoms with van der Waals surface area (Å²) in [7, 11) is 0. The van der Waals surface area contributed by atoms with Crippen molar-refractivity contribution >= 4 is 60.9 Å². The minimum atomic E-state index is -0.136. The first kappa shape index (κ1) is 34.4. The Labute approximate surface area is 348 Å². The number of fused-ring (bicyclic) bond motifs is 9. The highest BCUT2D eigenvalue weighted by Gasteiger charge is 2.36. The van der Waals surface area contributed by atoms with Crippen LogP contribution >= 0.6 is 0 Å². The number of rotatable bonds is 6. The minimum absolute atomic E-state index is 0.136. The molecule has 0 N–H and O–H groups in total. The molecule has 0 fully saturated rings. The van der Waals surface area contributed by atoms with E-state index >= 15 is 0 Å². The van der Waals surface area contributed by atoms with Crippen LogP contribution in [0.3, 0.4) is 0 Å². The molecule has 11 aromatic rings. The summed E-state index contributed by atoms with van der Waals surface area (Å²) in [5, 5.41) is 4.47. The molecule has 0 spiro atoms. The van der Waals surface area contributed by atoms with Crippen molar-refractivity contribution < 1.29 is 8.83 Å². The SMILES string of the molecule is CC1(C)c2ccccc2-c2ccc(N(c3ccc(-c4ccc5oc6ccccc6c5c4-c4ccccc4-c4ccccc4)cc3)c3ccc4c(c3)oc3ccccc34)cc21. The van der Waals surface area contributed by atoms with Gasteiger partial charge in [-0.05, 0) is 105 Å². The number of anilines is 3. The maximum atomic E-state index is 6.50. The van der Waals surface area contributed by atoms with Crippen LogP contribution in [-0.4, -0.2) is 0 Å². The van der Waals surface area contributed by atoms with E-state index in [1.54, 1.807) is 0 Å². The van der Waals surface area contributed by atoms with Gasteiger partial charge in [0.2, 0.25) is 0 Å². The van der Waals surface area contributed by atoms with Crippen LogP contribution in [0.25, 0.3) is 88.4 Å². The Morgan fingerprint density at radius 2 is 0.900 bits per heavy atom. The topological polar surface area (TPSA) is 29.5 Å². The maximum Gasteiger partial charge on any atom is 0.137 e. The van der Waals surface area contributed by atoms with E-state index in [4.69, 9.17) is 8.83 Å². The normalized spacial score (nSPS) is 13.0. The quantitative estimate of drug-likeness (QED) is 0.169. The Morgan fingerprint density at radius 1 is 0.350 bits per heavy atom. The lowest BCUT2D eigenvalue weighted by Gasteiger charge is -2.28. The summed E-state index contributed by atoms with van der Waals surface area (Å²) in [6, 6.07) is 71.9. The lowest BCUT2D eigenvalue weighted by Crippen LogP contribution is -2.16. The minimum Gasteiger partial charge on any atom is -0.456 e. The van der Waals surface area contributed by atoms with Crippen molar-refractivity contribution in [3.8, 4) is 44.5 Å². The summed E-state index contributed by atoms with van der Waals surface area (Å²) in [5.74, 6) is 0. The molecule has 0 atom stereocenters. The van der Waals surface area contributed by atoms with Gasteiger partial charge in [0.25, 0.3) is 0 Å². The van der Waals surface area contributed by atoms with Crippen LogP contribution in [0, 0.1) is 0 Å². The zero-order valence-corrected chi connectivity index (χ0v) is 33.3. The van der Waals surface area contributed by atoms with Crippen molar-refractivity contribution in [2.24, 2.45) is 0 Å². The first-order chi connectivity index (χ1) is 29.5. The summed E-state index contributed by atoms with van der Waals surface area (Å²) in [4.78, 5) is 2.37.